The number of carbonyl (C=O) groups is 2. The molecule has 0 radical (unpaired) electrons. The average Bonchev–Trinajstić information content (AvgIpc) is 2.67. The van der Waals surface area contributed by atoms with E-state index in [4.69, 9.17) is 9.47 Å². The SMILES string of the molecule is COC(=O)CC(=O)C(C)Oc1ccc(Oc2cc(F)c(OC)c(F)c2F)cc1. The molecule has 0 spiro atoms. The number of Topliss-reactive ketones (excluding diaryl/α,β-unsaturated/α-hetero) is 1. The van der Waals surface area contributed by atoms with Gasteiger partial charge in [0.2, 0.25) is 11.6 Å². The monoisotopic (exact) mass is 398 g/mol. The Morgan fingerprint density at radius 2 is 1.61 bits per heavy atom. The molecule has 9 heteroatoms. The molecule has 0 fully saturated rings. The number of hydrogen-bond acceptors (Lipinski definition) is 6. The van der Waals surface area contributed by atoms with E-state index in [1.165, 1.54) is 38.3 Å². The number of carbonyl (C=O) groups excluding carboxylic acids is 2. The molecule has 1 atom stereocenters. The number of ether oxygens (including phenoxy) is 4. The molecular weight excluding hydrogens is 381 g/mol. The highest BCUT2D eigenvalue weighted by atomic mass is 19.2. The second-order valence-electron chi connectivity index (χ2n) is 5.57. The molecule has 0 saturated heterocycles. The van der Waals surface area contributed by atoms with Crippen molar-refractivity contribution in [1.82, 2.24) is 0 Å². The normalized spacial score (nSPS) is 11.5. The number of methoxy groups -OCH3 is 2. The number of hydrogen-bond donors (Lipinski definition) is 0. The fraction of sp³-hybridized carbons (Fsp3) is 0.263. The van der Waals surface area contributed by atoms with E-state index in [0.29, 0.717) is 6.07 Å². The van der Waals surface area contributed by atoms with Crippen LogP contribution >= 0.6 is 0 Å². The highest BCUT2D eigenvalue weighted by Crippen LogP contribution is 2.33. The Bertz CT molecular complexity index is 867. The summed E-state index contributed by atoms with van der Waals surface area (Å²) in [6.45, 7) is 1.47. The zero-order valence-electron chi connectivity index (χ0n) is 15.3. The van der Waals surface area contributed by atoms with Gasteiger partial charge in [-0.3, -0.25) is 9.59 Å². The summed E-state index contributed by atoms with van der Waals surface area (Å²) >= 11 is 0. The van der Waals surface area contributed by atoms with Crippen molar-refractivity contribution in [3.8, 4) is 23.0 Å². The molecule has 0 N–H and O–H groups in total. The van der Waals surface area contributed by atoms with Crippen LogP contribution in [0.25, 0.3) is 0 Å². The van der Waals surface area contributed by atoms with Gasteiger partial charge in [0.15, 0.2) is 29.2 Å². The van der Waals surface area contributed by atoms with E-state index in [1.807, 2.05) is 0 Å². The van der Waals surface area contributed by atoms with Crippen LogP contribution in [0.4, 0.5) is 13.2 Å². The fourth-order valence-corrected chi connectivity index (χ4v) is 2.16. The van der Waals surface area contributed by atoms with Gasteiger partial charge >= 0.3 is 5.97 Å². The summed E-state index contributed by atoms with van der Waals surface area (Å²) in [6.07, 6.45) is -1.33. The minimum atomic E-state index is -1.50. The second kappa shape index (κ2) is 9.12. The topological polar surface area (TPSA) is 71.1 Å². The van der Waals surface area contributed by atoms with Crippen LogP contribution in [-0.4, -0.2) is 32.1 Å². The third-order valence-electron chi connectivity index (χ3n) is 3.65. The Morgan fingerprint density at radius 3 is 2.18 bits per heavy atom. The molecule has 0 aliphatic heterocycles. The molecule has 0 heterocycles. The lowest BCUT2D eigenvalue weighted by Gasteiger charge is -2.14. The molecule has 28 heavy (non-hydrogen) atoms. The van der Waals surface area contributed by atoms with E-state index in [0.717, 1.165) is 7.11 Å². The maximum absolute atomic E-state index is 13.9. The molecule has 2 aromatic rings. The quantitative estimate of drug-likeness (QED) is 0.383. The number of rotatable bonds is 8. The van der Waals surface area contributed by atoms with Crippen molar-refractivity contribution in [2.24, 2.45) is 0 Å². The van der Waals surface area contributed by atoms with Crippen molar-refractivity contribution in [1.29, 1.82) is 0 Å². The molecule has 0 aliphatic rings. The smallest absolute Gasteiger partial charge is 0.313 e. The molecule has 6 nitrogen and oxygen atoms in total. The summed E-state index contributed by atoms with van der Waals surface area (Å²) in [7, 11) is 2.18. The maximum Gasteiger partial charge on any atom is 0.313 e. The first-order valence-corrected chi connectivity index (χ1v) is 8.02. The van der Waals surface area contributed by atoms with E-state index in [9.17, 15) is 22.8 Å². The van der Waals surface area contributed by atoms with Crippen LogP contribution in [0.3, 0.4) is 0 Å². The summed E-state index contributed by atoms with van der Waals surface area (Å²) in [6, 6.07) is 6.19. The van der Waals surface area contributed by atoms with Crippen LogP contribution in [0, 0.1) is 17.5 Å². The predicted octanol–water partition coefficient (Wildman–Crippen LogP) is 3.80. The standard InChI is InChI=1S/C19H17F3O6/c1-10(14(23)9-16(24)25-2)27-11-4-6-12(7-5-11)28-15-8-13(20)19(26-3)18(22)17(15)21/h4-8,10H,9H2,1-3H3. The second-order valence-corrected chi connectivity index (χ2v) is 5.57. The van der Waals surface area contributed by atoms with Crippen molar-refractivity contribution in [2.75, 3.05) is 14.2 Å². The lowest BCUT2D eigenvalue weighted by molar-refractivity contribution is -0.144. The Hall–Kier alpha value is -3.23. The van der Waals surface area contributed by atoms with Crippen molar-refractivity contribution in [2.45, 2.75) is 19.4 Å². The third kappa shape index (κ3) is 4.93. The Morgan fingerprint density at radius 1 is 1.00 bits per heavy atom. The van der Waals surface area contributed by atoms with Gasteiger partial charge in [0.1, 0.15) is 17.9 Å². The van der Waals surface area contributed by atoms with Crippen molar-refractivity contribution >= 4 is 11.8 Å². The Kier molecular flexibility index (Phi) is 6.86. The van der Waals surface area contributed by atoms with Gasteiger partial charge in [0.05, 0.1) is 14.2 Å². The van der Waals surface area contributed by atoms with E-state index in [1.54, 1.807) is 0 Å². The minimum Gasteiger partial charge on any atom is -0.491 e. The van der Waals surface area contributed by atoms with Crippen LogP contribution in [0.5, 0.6) is 23.0 Å². The van der Waals surface area contributed by atoms with E-state index < -0.39 is 53.2 Å². The molecule has 0 amide bonds. The first-order valence-electron chi connectivity index (χ1n) is 8.02. The van der Waals surface area contributed by atoms with Crippen molar-refractivity contribution in [3.63, 3.8) is 0 Å². The molecule has 0 aromatic heterocycles. The van der Waals surface area contributed by atoms with E-state index in [-0.39, 0.29) is 11.5 Å². The van der Waals surface area contributed by atoms with Gasteiger partial charge in [-0.25, -0.2) is 4.39 Å². The summed E-state index contributed by atoms with van der Waals surface area (Å²) in [5, 5.41) is 0. The zero-order valence-corrected chi connectivity index (χ0v) is 15.3. The van der Waals surface area contributed by atoms with E-state index in [2.05, 4.69) is 9.47 Å². The molecule has 150 valence electrons. The number of ketones is 1. The molecular formula is C19H17F3O6. The molecule has 0 saturated carbocycles. The average molecular weight is 398 g/mol. The van der Waals surface area contributed by atoms with Crippen LogP contribution in [0.1, 0.15) is 13.3 Å². The maximum atomic E-state index is 13.9. The zero-order chi connectivity index (χ0) is 20.8. The van der Waals surface area contributed by atoms with Crippen LogP contribution < -0.4 is 14.2 Å². The number of benzene rings is 2. The number of esters is 1. The molecule has 2 rings (SSSR count). The minimum absolute atomic E-state index is 0.0729. The largest absolute Gasteiger partial charge is 0.491 e. The summed E-state index contributed by atoms with van der Waals surface area (Å²) < 4.78 is 60.8. The molecule has 0 bridgehead atoms. The van der Waals surface area contributed by atoms with Crippen LogP contribution in [0.15, 0.2) is 30.3 Å². The first-order chi connectivity index (χ1) is 13.3. The summed E-state index contributed by atoms with van der Waals surface area (Å²) in [4.78, 5) is 22.9. The van der Waals surface area contributed by atoms with Crippen molar-refractivity contribution < 1.29 is 41.7 Å². The highest BCUT2D eigenvalue weighted by molar-refractivity contribution is 5.97. The third-order valence-corrected chi connectivity index (χ3v) is 3.65. The first kappa shape index (κ1) is 21.1. The number of halogens is 3. The highest BCUT2D eigenvalue weighted by Gasteiger charge is 2.21. The van der Waals surface area contributed by atoms with Gasteiger partial charge in [0.25, 0.3) is 0 Å². The lowest BCUT2D eigenvalue weighted by atomic mass is 10.2. The summed E-state index contributed by atoms with van der Waals surface area (Å²) in [5.41, 5.74) is 0. The predicted molar refractivity (Wildman–Crippen MR) is 91.1 cm³/mol. The summed E-state index contributed by atoms with van der Waals surface area (Å²) in [5.74, 6) is -6.34. The van der Waals surface area contributed by atoms with Gasteiger partial charge in [-0.15, -0.1) is 0 Å². The Labute approximate surface area is 158 Å². The van der Waals surface area contributed by atoms with Crippen LogP contribution in [0.2, 0.25) is 0 Å². The van der Waals surface area contributed by atoms with Crippen LogP contribution in [-0.2, 0) is 14.3 Å². The lowest BCUT2D eigenvalue weighted by Crippen LogP contribution is -2.26. The van der Waals surface area contributed by atoms with Gasteiger partial charge < -0.3 is 18.9 Å². The Balaban J connectivity index is 2.07. The van der Waals surface area contributed by atoms with Gasteiger partial charge in [-0.05, 0) is 31.2 Å². The van der Waals surface area contributed by atoms with Gasteiger partial charge in [-0.2, -0.15) is 8.78 Å². The van der Waals surface area contributed by atoms with Gasteiger partial charge in [-0.1, -0.05) is 0 Å². The molecule has 0 aliphatic carbocycles. The van der Waals surface area contributed by atoms with E-state index >= 15 is 0 Å². The molecule has 1 unspecified atom stereocenters. The van der Waals surface area contributed by atoms with Crippen molar-refractivity contribution in [3.05, 3.63) is 47.8 Å². The fourth-order valence-electron chi connectivity index (χ4n) is 2.16. The van der Waals surface area contributed by atoms with Gasteiger partial charge in [0, 0.05) is 6.07 Å². The molecule has 2 aromatic carbocycles.